The standard InChI is InChI=1S/C47H51NO14.C14H19Cl2NO2/c1-25-31(60-43(56)36(52)35(28-16-10-7-11-17-28)48-41(54)29-18-12-8-13-19-29)23-47(57)40(61-42(55)30-20-14-9-15-21-30)38-45(6,32(51)22-33-46(38,24-58-33)62-27(3)50)39(53)37(59-26(2)49)34(25)44(47,4)5;15-8-10-17(11-9-16)13-6-4-12(5-7-13)2-1-3-14(18)19/h7-21,31-33,35-38,40,51-52,57H,22-24H2,1-6H3,(H,48,54);4-7H,1-3,8-11H2,(H,18,19)/t31-,32-,33+,35-,36+,37+,38-,40-,45+,46-,47+;/m0./s1. The van der Waals surface area contributed by atoms with Crippen LogP contribution in [0.25, 0.3) is 0 Å². The van der Waals surface area contributed by atoms with Crippen LogP contribution in [0.4, 0.5) is 5.69 Å². The Balaban J connectivity index is 0.000000423. The summed E-state index contributed by atoms with van der Waals surface area (Å²) in [5, 5.41) is 48.8. The van der Waals surface area contributed by atoms with Gasteiger partial charge in [-0.3, -0.25) is 24.0 Å². The van der Waals surface area contributed by atoms with E-state index in [0.29, 0.717) is 23.7 Å². The number of anilines is 1. The van der Waals surface area contributed by atoms with Gasteiger partial charge >= 0.3 is 29.8 Å². The van der Waals surface area contributed by atoms with E-state index in [-0.39, 0.29) is 41.7 Å². The number of aliphatic carboxylic acids is 1. The summed E-state index contributed by atoms with van der Waals surface area (Å²) in [5.74, 6) is -6.45. The lowest BCUT2D eigenvalue weighted by Crippen LogP contribution is -2.82. The van der Waals surface area contributed by atoms with E-state index in [4.69, 9.17) is 52.0 Å². The Hall–Kier alpha value is -6.67. The van der Waals surface area contributed by atoms with Crippen LogP contribution in [-0.4, -0.2) is 141 Å². The molecule has 2 saturated carbocycles. The first-order valence-electron chi connectivity index (χ1n) is 26.8. The number of carbonyl (C=O) groups is 7. The molecule has 1 aliphatic heterocycles. The number of hydrogen-bond acceptors (Lipinski definition) is 16. The summed E-state index contributed by atoms with van der Waals surface area (Å²) in [5.41, 5.74) is -4.76. The minimum absolute atomic E-state index is 0.00289. The average molecular weight is 1160 g/mol. The zero-order chi connectivity index (χ0) is 59.0. The Morgan fingerprint density at radius 2 is 1.38 bits per heavy atom. The molecule has 1 amide bonds. The number of aliphatic hydroxyl groups is 3. The highest BCUT2D eigenvalue weighted by molar-refractivity contribution is 6.18. The summed E-state index contributed by atoms with van der Waals surface area (Å²) in [6.45, 7) is 9.52. The molecular formula is C61H70Cl2N2O16. The molecular weight excluding hydrogens is 1090 g/mol. The molecule has 2 bridgehead atoms. The van der Waals surface area contributed by atoms with E-state index in [9.17, 15) is 44.1 Å². The van der Waals surface area contributed by atoms with E-state index >= 15 is 4.79 Å². The summed E-state index contributed by atoms with van der Waals surface area (Å²) in [4.78, 5) is 96.0. The molecule has 0 radical (unpaired) electrons. The van der Waals surface area contributed by atoms with Crippen LogP contribution < -0.4 is 10.2 Å². The number of nitrogens with one attached hydrogen (secondary N) is 1. The molecule has 81 heavy (non-hydrogen) atoms. The number of carboxylic acids is 1. The third kappa shape index (κ3) is 12.9. The van der Waals surface area contributed by atoms with E-state index in [2.05, 4.69) is 10.2 Å². The van der Waals surface area contributed by atoms with Gasteiger partial charge in [-0.05, 0) is 85.4 Å². The quantitative estimate of drug-likeness (QED) is 0.0271. The number of carboxylic acid groups (broad SMARTS) is 1. The Bertz CT molecular complexity index is 2940. The number of nitrogens with zero attached hydrogens (tertiary/aromatic N) is 1. The zero-order valence-corrected chi connectivity index (χ0v) is 47.6. The van der Waals surface area contributed by atoms with Crippen LogP contribution >= 0.6 is 23.2 Å². The first-order chi connectivity index (χ1) is 38.4. The summed E-state index contributed by atoms with van der Waals surface area (Å²) in [7, 11) is 0. The largest absolute Gasteiger partial charge is 0.481 e. The fourth-order valence-corrected chi connectivity index (χ4v) is 12.5. The summed E-state index contributed by atoms with van der Waals surface area (Å²) in [6, 6.07) is 31.1. The number of halogens is 2. The SMILES string of the molecule is CC(=O)O[C@H]1C(=O)[C@@]2(C)[C@H]([C@H](OC(=O)c3ccccc3)[C@]3(O)C[C@H](OC(=O)[C@H](O)[C@@H](NC(=O)c4ccccc4)c4ccccc4)C(C)=C1C3(C)C)[C@]1(OC(C)=O)CO[C@@H]1C[C@@H]2O.O=C(O)CCCc1ccc(N(CCCl)CCCl)cc1. The summed E-state index contributed by atoms with van der Waals surface area (Å²) < 4.78 is 30.3. The van der Waals surface area contributed by atoms with Gasteiger partial charge < -0.3 is 54.3 Å². The second-order valence-electron chi connectivity index (χ2n) is 21.6. The molecule has 11 atom stereocenters. The van der Waals surface area contributed by atoms with Gasteiger partial charge in [0.2, 0.25) is 0 Å². The Labute approximate surface area is 480 Å². The van der Waals surface area contributed by atoms with Gasteiger partial charge in [0.1, 0.15) is 23.9 Å². The molecule has 4 aromatic carbocycles. The lowest BCUT2D eigenvalue weighted by molar-refractivity contribution is -0.346. The number of amides is 1. The van der Waals surface area contributed by atoms with Gasteiger partial charge in [0.05, 0.1) is 35.6 Å². The maximum atomic E-state index is 15.5. The summed E-state index contributed by atoms with van der Waals surface area (Å²) in [6.07, 6.45) is -8.84. The van der Waals surface area contributed by atoms with Crippen molar-refractivity contribution in [2.75, 3.05) is 36.4 Å². The van der Waals surface area contributed by atoms with Crippen LogP contribution in [-0.2, 0) is 54.1 Å². The van der Waals surface area contributed by atoms with E-state index in [1.165, 1.54) is 26.0 Å². The molecule has 5 N–H and O–H groups in total. The maximum Gasteiger partial charge on any atom is 0.338 e. The third-order valence-electron chi connectivity index (χ3n) is 16.3. The molecule has 3 fully saturated rings. The van der Waals surface area contributed by atoms with Gasteiger partial charge in [-0.25, -0.2) is 9.59 Å². The summed E-state index contributed by atoms with van der Waals surface area (Å²) >= 11 is 11.5. The zero-order valence-electron chi connectivity index (χ0n) is 46.1. The molecule has 1 saturated heterocycles. The molecule has 4 aromatic rings. The number of fused-ring (bicyclic) bond motifs is 5. The molecule has 4 aliphatic rings. The topological polar surface area (TPSA) is 262 Å². The number of esters is 4. The van der Waals surface area contributed by atoms with Gasteiger partial charge in [-0.1, -0.05) is 92.7 Å². The highest BCUT2D eigenvalue weighted by Gasteiger charge is 2.78. The predicted octanol–water partition coefficient (Wildman–Crippen LogP) is 7.11. The van der Waals surface area contributed by atoms with Gasteiger partial charge in [-0.2, -0.15) is 0 Å². The average Bonchev–Trinajstić information content (AvgIpc) is 2.11. The van der Waals surface area contributed by atoms with Crippen molar-refractivity contribution in [3.63, 3.8) is 0 Å². The van der Waals surface area contributed by atoms with E-state index < -0.39 is 119 Å². The Morgan fingerprint density at radius 1 is 0.802 bits per heavy atom. The molecule has 18 nitrogen and oxygen atoms in total. The second kappa shape index (κ2) is 26.1. The minimum Gasteiger partial charge on any atom is -0.481 e. The van der Waals surface area contributed by atoms with Gasteiger partial charge in [0.15, 0.2) is 23.6 Å². The highest BCUT2D eigenvalue weighted by Crippen LogP contribution is 2.64. The first-order valence-corrected chi connectivity index (χ1v) is 27.9. The fourth-order valence-electron chi connectivity index (χ4n) is 12.1. The molecule has 8 rings (SSSR count). The Kier molecular flexibility index (Phi) is 19.9. The number of hydrogen-bond donors (Lipinski definition) is 5. The molecule has 0 aromatic heterocycles. The van der Waals surface area contributed by atoms with Crippen LogP contribution in [0, 0.1) is 16.7 Å². The lowest BCUT2D eigenvalue weighted by atomic mass is 9.44. The van der Waals surface area contributed by atoms with E-state index in [1.54, 1.807) is 92.7 Å². The third-order valence-corrected chi connectivity index (χ3v) is 16.7. The number of ether oxygens (including phenoxy) is 5. The smallest absolute Gasteiger partial charge is 0.338 e. The molecule has 0 unspecified atom stereocenters. The number of benzene rings is 4. The highest BCUT2D eigenvalue weighted by atomic mass is 35.5. The van der Waals surface area contributed by atoms with E-state index in [1.807, 2.05) is 24.3 Å². The van der Waals surface area contributed by atoms with Crippen molar-refractivity contribution in [1.82, 2.24) is 5.32 Å². The van der Waals surface area contributed by atoms with Crippen molar-refractivity contribution in [3.05, 3.63) is 149 Å². The maximum absolute atomic E-state index is 15.5. The Morgan fingerprint density at radius 3 is 1.91 bits per heavy atom. The predicted molar refractivity (Wildman–Crippen MR) is 298 cm³/mol. The monoisotopic (exact) mass is 1160 g/mol. The van der Waals surface area contributed by atoms with Crippen LogP contribution in [0.1, 0.15) is 105 Å². The van der Waals surface area contributed by atoms with Crippen molar-refractivity contribution < 1.29 is 77.7 Å². The van der Waals surface area contributed by atoms with Crippen molar-refractivity contribution in [1.29, 1.82) is 0 Å². The molecule has 20 heteroatoms. The van der Waals surface area contributed by atoms with Crippen molar-refractivity contribution >= 4 is 70.4 Å². The van der Waals surface area contributed by atoms with Crippen molar-refractivity contribution in [3.8, 4) is 0 Å². The van der Waals surface area contributed by atoms with E-state index in [0.717, 1.165) is 44.6 Å². The van der Waals surface area contributed by atoms with Gasteiger partial charge in [0.25, 0.3) is 5.91 Å². The number of aryl methyl sites for hydroxylation is 1. The fraction of sp³-hybridized carbons (Fsp3) is 0.459. The van der Waals surface area contributed by atoms with Gasteiger partial charge in [0, 0.05) is 74.6 Å². The number of Topliss-reactive ketones (excluding diaryl/α,β-unsaturated/α-hetero) is 1. The van der Waals surface area contributed by atoms with Crippen LogP contribution in [0.15, 0.2) is 126 Å². The number of ketones is 1. The minimum atomic E-state index is -2.39. The van der Waals surface area contributed by atoms with Crippen LogP contribution in [0.2, 0.25) is 0 Å². The van der Waals surface area contributed by atoms with Crippen LogP contribution in [0.3, 0.4) is 0 Å². The lowest BCUT2D eigenvalue weighted by Gasteiger charge is -2.67. The number of aliphatic hydroxyl groups excluding tert-OH is 2. The van der Waals surface area contributed by atoms with Crippen LogP contribution in [0.5, 0.6) is 0 Å². The second-order valence-corrected chi connectivity index (χ2v) is 22.4. The molecule has 1 heterocycles. The molecule has 3 aliphatic carbocycles. The number of carbonyl (C=O) groups excluding carboxylic acids is 6. The van der Waals surface area contributed by atoms with Gasteiger partial charge in [-0.15, -0.1) is 23.2 Å². The van der Waals surface area contributed by atoms with Crippen molar-refractivity contribution in [2.24, 2.45) is 16.7 Å². The first kappa shape index (κ1) is 61.9. The normalized spacial score (nSPS) is 26.8. The molecule has 0 spiro atoms. The number of rotatable bonds is 19. The van der Waals surface area contributed by atoms with Crippen molar-refractivity contribution in [2.45, 2.75) is 128 Å². The number of alkyl halides is 2. The molecule has 434 valence electrons.